The molecule has 0 aliphatic carbocycles. The van der Waals surface area contributed by atoms with Gasteiger partial charge in [-0.1, -0.05) is 11.6 Å². The van der Waals surface area contributed by atoms with Crippen LogP contribution in [0.3, 0.4) is 0 Å². The summed E-state index contributed by atoms with van der Waals surface area (Å²) < 4.78 is 4.86. The number of carbonyl (C=O) groups is 2. The highest BCUT2D eigenvalue weighted by Crippen LogP contribution is 2.29. The largest absolute Gasteiger partial charge is 0.464 e. The molecule has 2 N–H and O–H groups in total. The van der Waals surface area contributed by atoms with Gasteiger partial charge in [0.2, 0.25) is 5.91 Å². The highest BCUT2D eigenvalue weighted by molar-refractivity contribution is 7.99. The van der Waals surface area contributed by atoms with Gasteiger partial charge >= 0.3 is 5.97 Å². The summed E-state index contributed by atoms with van der Waals surface area (Å²) >= 11 is 1.91. The Morgan fingerprint density at radius 3 is 2.72 bits per heavy atom. The number of esters is 1. The Bertz CT molecular complexity index is 796. The maximum Gasteiger partial charge on any atom is 0.356 e. The predicted octanol–water partition coefficient (Wildman–Crippen LogP) is 2.64. The van der Waals surface area contributed by atoms with Crippen LogP contribution in [0.5, 0.6) is 0 Å². The van der Waals surface area contributed by atoms with E-state index in [9.17, 15) is 9.59 Å². The predicted molar refractivity (Wildman–Crippen MR) is 101 cm³/mol. The van der Waals surface area contributed by atoms with Crippen molar-refractivity contribution in [2.24, 2.45) is 0 Å². The first-order valence-corrected chi connectivity index (χ1v) is 9.50. The number of hydrogen-bond donors (Lipinski definition) is 2. The van der Waals surface area contributed by atoms with Gasteiger partial charge in [0, 0.05) is 35.5 Å². The Morgan fingerprint density at radius 2 is 2.04 bits per heavy atom. The summed E-state index contributed by atoms with van der Waals surface area (Å²) in [5, 5.41) is 3.77. The molecule has 1 aliphatic heterocycles. The fraction of sp³-hybridized carbons (Fsp3) is 0.444. The molecule has 1 saturated heterocycles. The van der Waals surface area contributed by atoms with Crippen molar-refractivity contribution in [1.82, 2.24) is 9.88 Å². The highest BCUT2D eigenvalue weighted by atomic mass is 32.2. The smallest absolute Gasteiger partial charge is 0.356 e. The summed E-state index contributed by atoms with van der Waals surface area (Å²) in [6, 6.07) is 5.56. The van der Waals surface area contributed by atoms with Gasteiger partial charge in [-0.3, -0.25) is 9.69 Å². The van der Waals surface area contributed by atoms with Crippen LogP contribution in [0.2, 0.25) is 0 Å². The lowest BCUT2D eigenvalue weighted by molar-refractivity contribution is -0.120. The molecule has 25 heavy (non-hydrogen) atoms. The van der Waals surface area contributed by atoms with Gasteiger partial charge in [-0.2, -0.15) is 11.8 Å². The van der Waals surface area contributed by atoms with Gasteiger partial charge in [0.25, 0.3) is 0 Å². The number of anilines is 1. The second-order valence-electron chi connectivity index (χ2n) is 6.23. The van der Waals surface area contributed by atoms with Crippen LogP contribution in [-0.2, 0) is 9.53 Å². The molecule has 3 rings (SSSR count). The number of rotatable bonds is 4. The Hall–Kier alpha value is -1.99. The monoisotopic (exact) mass is 361 g/mol. The molecule has 1 aromatic carbocycles. The third-order valence-electron chi connectivity index (χ3n) is 4.56. The first kappa shape index (κ1) is 17.8. The maximum atomic E-state index is 12.8. The number of benzene rings is 1. The van der Waals surface area contributed by atoms with E-state index in [1.54, 1.807) is 0 Å². The molecule has 1 amide bonds. The van der Waals surface area contributed by atoms with Gasteiger partial charge < -0.3 is 15.0 Å². The molecule has 0 saturated carbocycles. The van der Waals surface area contributed by atoms with E-state index in [-0.39, 0.29) is 17.6 Å². The Morgan fingerprint density at radius 1 is 1.32 bits per heavy atom. The lowest BCUT2D eigenvalue weighted by atomic mass is 10.1. The molecular formula is C18H23N3O3S. The molecule has 0 radical (unpaired) electrons. The number of aromatic nitrogens is 1. The van der Waals surface area contributed by atoms with Crippen molar-refractivity contribution in [3.63, 3.8) is 0 Å². The van der Waals surface area contributed by atoms with Crippen LogP contribution >= 0.6 is 11.8 Å². The maximum absolute atomic E-state index is 12.8. The molecule has 1 atom stereocenters. The van der Waals surface area contributed by atoms with E-state index in [0.717, 1.165) is 41.1 Å². The van der Waals surface area contributed by atoms with Gasteiger partial charge in [-0.25, -0.2) is 4.79 Å². The zero-order chi connectivity index (χ0) is 18.0. The molecule has 7 heteroatoms. The lowest BCUT2D eigenvalue weighted by Crippen LogP contribution is -2.46. The van der Waals surface area contributed by atoms with Crippen LogP contribution in [0.25, 0.3) is 10.9 Å². The summed E-state index contributed by atoms with van der Waals surface area (Å²) in [4.78, 5) is 30.1. The zero-order valence-electron chi connectivity index (χ0n) is 14.7. The summed E-state index contributed by atoms with van der Waals surface area (Å²) in [7, 11) is 1.33. The lowest BCUT2D eigenvalue weighted by Gasteiger charge is -2.31. The van der Waals surface area contributed by atoms with Crippen molar-refractivity contribution in [2.45, 2.75) is 19.9 Å². The number of methoxy groups -OCH3 is 1. The number of nitrogens with one attached hydrogen (secondary N) is 2. The Labute approximate surface area is 151 Å². The van der Waals surface area contributed by atoms with Crippen LogP contribution in [-0.4, -0.2) is 59.5 Å². The minimum Gasteiger partial charge on any atom is -0.464 e. The van der Waals surface area contributed by atoms with E-state index >= 15 is 0 Å². The number of ether oxygens (including phenoxy) is 1. The summed E-state index contributed by atoms with van der Waals surface area (Å²) in [5.41, 5.74) is 2.62. The summed E-state index contributed by atoms with van der Waals surface area (Å²) in [6.07, 6.45) is 0. The average molecular weight is 361 g/mol. The van der Waals surface area contributed by atoms with E-state index in [0.29, 0.717) is 5.69 Å². The number of hydrogen-bond acceptors (Lipinski definition) is 5. The van der Waals surface area contributed by atoms with Crippen LogP contribution in [0.4, 0.5) is 5.69 Å². The van der Waals surface area contributed by atoms with Crippen molar-refractivity contribution in [3.05, 3.63) is 29.5 Å². The molecule has 2 aromatic rings. The van der Waals surface area contributed by atoms with E-state index in [1.807, 2.05) is 43.8 Å². The zero-order valence-corrected chi connectivity index (χ0v) is 15.5. The number of carbonyl (C=O) groups excluding carboxylic acids is 2. The minimum absolute atomic E-state index is 0.112. The number of aromatic amines is 1. The first-order valence-electron chi connectivity index (χ1n) is 8.34. The van der Waals surface area contributed by atoms with Crippen LogP contribution in [0.15, 0.2) is 18.2 Å². The van der Waals surface area contributed by atoms with Crippen LogP contribution in [0.1, 0.15) is 23.0 Å². The topological polar surface area (TPSA) is 74.4 Å². The Balaban J connectivity index is 1.91. The van der Waals surface area contributed by atoms with Crippen molar-refractivity contribution >= 4 is 40.2 Å². The molecule has 0 spiro atoms. The van der Waals surface area contributed by atoms with E-state index in [1.165, 1.54) is 7.11 Å². The fourth-order valence-corrected chi connectivity index (χ4v) is 3.98. The van der Waals surface area contributed by atoms with Gasteiger partial charge in [0.05, 0.1) is 18.8 Å². The molecule has 0 unspecified atom stereocenters. The molecule has 1 aromatic heterocycles. The number of H-pyrrole nitrogens is 1. The molecule has 1 aliphatic rings. The van der Waals surface area contributed by atoms with E-state index in [2.05, 4.69) is 15.2 Å². The van der Waals surface area contributed by atoms with Crippen molar-refractivity contribution < 1.29 is 14.3 Å². The first-order chi connectivity index (χ1) is 12.0. The van der Waals surface area contributed by atoms with Crippen LogP contribution in [0, 0.1) is 6.92 Å². The van der Waals surface area contributed by atoms with Crippen LogP contribution < -0.4 is 5.32 Å². The third kappa shape index (κ3) is 3.67. The second-order valence-corrected chi connectivity index (χ2v) is 7.45. The SMILES string of the molecule is COC(=O)c1[nH]c2ccc(C)cc2c1NC(=O)[C@@H](C)N1CCSCC1. The van der Waals surface area contributed by atoms with Crippen molar-refractivity contribution in [3.8, 4) is 0 Å². The van der Waals surface area contributed by atoms with Gasteiger partial charge in [-0.05, 0) is 26.0 Å². The average Bonchev–Trinajstić information content (AvgIpc) is 2.98. The summed E-state index contributed by atoms with van der Waals surface area (Å²) in [6.45, 7) is 5.68. The number of nitrogens with zero attached hydrogens (tertiary/aromatic N) is 1. The van der Waals surface area contributed by atoms with Crippen molar-refractivity contribution in [2.75, 3.05) is 37.0 Å². The second kappa shape index (κ2) is 7.49. The quantitative estimate of drug-likeness (QED) is 0.819. The molecule has 134 valence electrons. The molecule has 2 heterocycles. The third-order valence-corrected chi connectivity index (χ3v) is 5.51. The number of thioether (sulfide) groups is 1. The normalized spacial score (nSPS) is 16.6. The van der Waals surface area contributed by atoms with Gasteiger partial charge in [0.1, 0.15) is 5.69 Å². The molecule has 6 nitrogen and oxygen atoms in total. The molecular weight excluding hydrogens is 338 g/mol. The molecule has 0 bridgehead atoms. The van der Waals surface area contributed by atoms with Crippen molar-refractivity contribution in [1.29, 1.82) is 0 Å². The van der Waals surface area contributed by atoms with E-state index in [4.69, 9.17) is 4.74 Å². The van der Waals surface area contributed by atoms with E-state index < -0.39 is 5.97 Å². The highest BCUT2D eigenvalue weighted by Gasteiger charge is 2.26. The standard InChI is InChI=1S/C18H23N3O3S/c1-11-4-5-14-13(10-11)15(16(19-14)18(23)24-3)20-17(22)12(2)21-6-8-25-9-7-21/h4-5,10,12,19H,6-9H2,1-3H3,(H,20,22)/t12-/m1/s1. The molecule has 1 fully saturated rings. The number of amides is 1. The Kier molecular flexibility index (Phi) is 5.34. The van der Waals surface area contributed by atoms with Gasteiger partial charge in [-0.15, -0.1) is 0 Å². The number of aryl methyl sites for hydroxylation is 1. The minimum atomic E-state index is -0.494. The van der Waals surface area contributed by atoms with Gasteiger partial charge in [0.15, 0.2) is 0 Å². The fourth-order valence-electron chi connectivity index (χ4n) is 3.05. The number of fused-ring (bicyclic) bond motifs is 1. The summed E-state index contributed by atoms with van der Waals surface area (Å²) in [5.74, 6) is 1.47.